The van der Waals surface area contributed by atoms with Crippen LogP contribution in [0.1, 0.15) is 5.56 Å². The number of rotatable bonds is 3. The van der Waals surface area contributed by atoms with E-state index in [9.17, 15) is 0 Å². The van der Waals surface area contributed by atoms with E-state index in [0.717, 1.165) is 11.3 Å². The maximum absolute atomic E-state index is 5.64. The molecule has 2 aromatic rings. The highest BCUT2D eigenvalue weighted by Crippen LogP contribution is 2.23. The number of thiocarbonyl (C=S) groups is 1. The molecule has 0 saturated carbocycles. The summed E-state index contributed by atoms with van der Waals surface area (Å²) in [6, 6.07) is 11.3. The number of isothiocyanates is 1. The van der Waals surface area contributed by atoms with Gasteiger partial charge in [-0.25, -0.2) is 4.98 Å². The van der Waals surface area contributed by atoms with Gasteiger partial charge in [0.05, 0.1) is 17.0 Å². The maximum atomic E-state index is 5.64. The summed E-state index contributed by atoms with van der Waals surface area (Å²) in [4.78, 5) is 7.95. The summed E-state index contributed by atoms with van der Waals surface area (Å²) in [5, 5.41) is 2.29. The van der Waals surface area contributed by atoms with Crippen molar-refractivity contribution in [1.29, 1.82) is 0 Å². The molecule has 0 spiro atoms. The first-order chi connectivity index (χ1) is 8.29. The lowest BCUT2D eigenvalue weighted by molar-refractivity contribution is 0.459. The number of nitrogens with zero attached hydrogens (tertiary/aromatic N) is 2. The van der Waals surface area contributed by atoms with E-state index >= 15 is 0 Å². The molecule has 0 fully saturated rings. The van der Waals surface area contributed by atoms with Crippen LogP contribution in [0.15, 0.2) is 47.6 Å². The van der Waals surface area contributed by atoms with E-state index in [1.165, 1.54) is 0 Å². The smallest absolute Gasteiger partial charge is 0.219 e. The summed E-state index contributed by atoms with van der Waals surface area (Å²) in [5.41, 5.74) is 1.73. The second-order valence-electron chi connectivity index (χ2n) is 3.43. The number of ether oxygens (including phenoxy) is 1. The van der Waals surface area contributed by atoms with Gasteiger partial charge in [-0.3, -0.25) is 0 Å². The molecule has 0 saturated heterocycles. The highest BCUT2D eigenvalue weighted by molar-refractivity contribution is 7.78. The van der Waals surface area contributed by atoms with Crippen molar-refractivity contribution < 1.29 is 4.74 Å². The molecule has 0 aliphatic heterocycles. The summed E-state index contributed by atoms with van der Waals surface area (Å²) in [6.45, 7) is 1.99. The van der Waals surface area contributed by atoms with Crippen LogP contribution in [0.5, 0.6) is 11.6 Å². The first kappa shape index (κ1) is 11.5. The lowest BCUT2D eigenvalue weighted by Gasteiger charge is -2.06. The van der Waals surface area contributed by atoms with Gasteiger partial charge in [0, 0.05) is 6.07 Å². The topological polar surface area (TPSA) is 34.5 Å². The first-order valence-corrected chi connectivity index (χ1v) is 5.48. The van der Waals surface area contributed by atoms with E-state index < -0.39 is 0 Å². The predicted molar refractivity (Wildman–Crippen MR) is 70.2 cm³/mol. The number of para-hydroxylation sites is 1. The van der Waals surface area contributed by atoms with E-state index in [0.29, 0.717) is 11.6 Å². The monoisotopic (exact) mass is 242 g/mol. The van der Waals surface area contributed by atoms with Gasteiger partial charge in [0.15, 0.2) is 0 Å². The van der Waals surface area contributed by atoms with Crippen LogP contribution >= 0.6 is 12.2 Å². The van der Waals surface area contributed by atoms with Crippen molar-refractivity contribution in [1.82, 2.24) is 4.98 Å². The van der Waals surface area contributed by atoms with Gasteiger partial charge in [0.2, 0.25) is 5.88 Å². The first-order valence-electron chi connectivity index (χ1n) is 5.07. The number of aromatic nitrogens is 1. The minimum Gasteiger partial charge on any atom is -0.439 e. The number of hydrogen-bond donors (Lipinski definition) is 0. The van der Waals surface area contributed by atoms with Gasteiger partial charge < -0.3 is 4.74 Å². The Bertz CT molecular complexity index is 560. The van der Waals surface area contributed by atoms with Crippen molar-refractivity contribution in [2.45, 2.75) is 6.92 Å². The Morgan fingerprint density at radius 3 is 2.71 bits per heavy atom. The second kappa shape index (κ2) is 5.34. The van der Waals surface area contributed by atoms with E-state index in [-0.39, 0.29) is 0 Å². The average molecular weight is 242 g/mol. The van der Waals surface area contributed by atoms with E-state index in [1.807, 2.05) is 31.2 Å². The molecule has 1 aromatic carbocycles. The van der Waals surface area contributed by atoms with E-state index in [1.54, 1.807) is 18.3 Å². The normalized spacial score (nSPS) is 9.47. The fourth-order valence-electron chi connectivity index (χ4n) is 1.34. The molecule has 0 amide bonds. The molecule has 0 aliphatic rings. The van der Waals surface area contributed by atoms with Gasteiger partial charge in [-0.2, -0.15) is 4.99 Å². The Labute approximate surface area is 105 Å². The summed E-state index contributed by atoms with van der Waals surface area (Å²) in [5.74, 6) is 1.33. The average Bonchev–Trinajstić information content (AvgIpc) is 2.35. The van der Waals surface area contributed by atoms with Crippen LogP contribution in [0.25, 0.3) is 0 Å². The highest BCUT2D eigenvalue weighted by Gasteiger charge is 2.01. The van der Waals surface area contributed by atoms with Crippen LogP contribution in [0.2, 0.25) is 0 Å². The zero-order valence-electron chi connectivity index (χ0n) is 9.25. The van der Waals surface area contributed by atoms with Crippen molar-refractivity contribution in [2.24, 2.45) is 4.99 Å². The summed E-state index contributed by atoms with van der Waals surface area (Å²) < 4.78 is 5.64. The number of hydrogen-bond acceptors (Lipinski definition) is 4. The van der Waals surface area contributed by atoms with Crippen LogP contribution in [-0.2, 0) is 0 Å². The Morgan fingerprint density at radius 1 is 1.24 bits per heavy atom. The van der Waals surface area contributed by atoms with E-state index in [4.69, 9.17) is 4.74 Å². The van der Waals surface area contributed by atoms with Crippen LogP contribution in [-0.4, -0.2) is 10.1 Å². The third-order valence-corrected chi connectivity index (χ3v) is 2.29. The molecular weight excluding hydrogens is 232 g/mol. The lowest BCUT2D eigenvalue weighted by atomic mass is 10.2. The molecule has 3 nitrogen and oxygen atoms in total. The predicted octanol–water partition coefficient (Wildman–Crippen LogP) is 3.92. The van der Waals surface area contributed by atoms with Crippen molar-refractivity contribution >= 4 is 23.1 Å². The van der Waals surface area contributed by atoms with Gasteiger partial charge in [0.25, 0.3) is 0 Å². The Kier molecular flexibility index (Phi) is 3.60. The van der Waals surface area contributed by atoms with Gasteiger partial charge in [-0.1, -0.05) is 18.2 Å². The molecule has 0 aliphatic carbocycles. The van der Waals surface area contributed by atoms with Crippen LogP contribution < -0.4 is 4.74 Å². The minimum atomic E-state index is 0.530. The highest BCUT2D eigenvalue weighted by atomic mass is 32.1. The van der Waals surface area contributed by atoms with Gasteiger partial charge >= 0.3 is 0 Å². The number of aryl methyl sites for hydroxylation is 1. The molecule has 0 radical (unpaired) electrons. The van der Waals surface area contributed by atoms with Gasteiger partial charge in [-0.05, 0) is 36.8 Å². The molecule has 0 N–H and O–H groups in total. The molecule has 17 heavy (non-hydrogen) atoms. The Morgan fingerprint density at radius 2 is 2.06 bits per heavy atom. The molecular formula is C13H10N2OS. The quantitative estimate of drug-likeness (QED) is 0.604. The molecule has 1 heterocycles. The van der Waals surface area contributed by atoms with Crippen molar-refractivity contribution in [2.75, 3.05) is 0 Å². The zero-order valence-corrected chi connectivity index (χ0v) is 10.1. The number of benzene rings is 1. The fourth-order valence-corrected chi connectivity index (χ4v) is 1.44. The molecule has 2 rings (SSSR count). The standard InChI is InChI=1S/C13H10N2OS/c1-10-4-2-3-5-12(10)16-13-7-6-11(8-14-13)15-9-17/h2-8H,1H3. The van der Waals surface area contributed by atoms with Gasteiger partial charge in [0.1, 0.15) is 5.75 Å². The Hall–Kier alpha value is -2.03. The number of aliphatic imine (C=N–C) groups is 1. The lowest BCUT2D eigenvalue weighted by Crippen LogP contribution is -1.89. The number of pyridine rings is 1. The maximum Gasteiger partial charge on any atom is 0.219 e. The SMILES string of the molecule is Cc1ccccc1Oc1ccc(N=C=S)cn1. The van der Waals surface area contributed by atoms with Gasteiger partial charge in [-0.15, -0.1) is 0 Å². The summed E-state index contributed by atoms with van der Waals surface area (Å²) in [7, 11) is 0. The fraction of sp³-hybridized carbons (Fsp3) is 0.0769. The van der Waals surface area contributed by atoms with Crippen LogP contribution in [0.3, 0.4) is 0 Å². The van der Waals surface area contributed by atoms with Crippen molar-refractivity contribution in [3.05, 3.63) is 48.2 Å². The molecule has 1 aromatic heterocycles. The van der Waals surface area contributed by atoms with E-state index in [2.05, 4.69) is 27.4 Å². The van der Waals surface area contributed by atoms with Crippen LogP contribution in [0.4, 0.5) is 5.69 Å². The molecule has 0 unspecified atom stereocenters. The minimum absolute atomic E-state index is 0.530. The third-order valence-electron chi connectivity index (χ3n) is 2.20. The van der Waals surface area contributed by atoms with Crippen molar-refractivity contribution in [3.63, 3.8) is 0 Å². The molecule has 0 atom stereocenters. The van der Waals surface area contributed by atoms with Crippen molar-refractivity contribution in [3.8, 4) is 11.6 Å². The second-order valence-corrected chi connectivity index (χ2v) is 3.61. The largest absolute Gasteiger partial charge is 0.439 e. The third kappa shape index (κ3) is 2.97. The molecule has 84 valence electrons. The molecule has 4 heteroatoms. The van der Waals surface area contributed by atoms with Crippen LogP contribution in [0, 0.1) is 6.92 Å². The Balaban J connectivity index is 2.19. The molecule has 0 bridgehead atoms. The summed E-state index contributed by atoms with van der Waals surface area (Å²) in [6.07, 6.45) is 1.59. The zero-order chi connectivity index (χ0) is 12.1. The summed E-state index contributed by atoms with van der Waals surface area (Å²) >= 11 is 4.51.